The number of carbonyl (C=O) groups is 2. The third-order valence-electron chi connectivity index (χ3n) is 3.91. The van der Waals surface area contributed by atoms with E-state index < -0.39 is 0 Å². The monoisotopic (exact) mass is 274 g/mol. The molecule has 0 spiro atoms. The van der Waals surface area contributed by atoms with E-state index in [1.165, 1.54) is 0 Å². The van der Waals surface area contributed by atoms with Crippen molar-refractivity contribution in [2.24, 2.45) is 0 Å². The summed E-state index contributed by atoms with van der Waals surface area (Å²) in [7, 11) is 1.78. The zero-order valence-corrected chi connectivity index (χ0v) is 11.5. The minimum Gasteiger partial charge on any atom is -0.368 e. The van der Waals surface area contributed by atoms with Crippen LogP contribution in [-0.2, 0) is 27.3 Å². The number of amides is 2. The molecule has 5 nitrogen and oxygen atoms in total. The normalized spacial score (nSPS) is 21.1. The van der Waals surface area contributed by atoms with Gasteiger partial charge in [0.25, 0.3) is 0 Å². The molecular formula is C15H18N2O3. The smallest absolute Gasteiger partial charge is 0.249 e. The molecule has 20 heavy (non-hydrogen) atoms. The highest BCUT2D eigenvalue weighted by molar-refractivity contribution is 6.00. The molecule has 106 valence electrons. The second-order valence-electron chi connectivity index (χ2n) is 5.31. The first-order valence-electron chi connectivity index (χ1n) is 6.93. The minimum absolute atomic E-state index is 0.0452. The number of rotatable bonds is 3. The summed E-state index contributed by atoms with van der Waals surface area (Å²) < 4.78 is 5.34. The van der Waals surface area contributed by atoms with Crippen LogP contribution in [0.3, 0.4) is 0 Å². The van der Waals surface area contributed by atoms with Gasteiger partial charge < -0.3 is 15.0 Å². The molecule has 0 saturated carbocycles. The number of nitrogens with zero attached hydrogens (tertiary/aromatic N) is 1. The van der Waals surface area contributed by atoms with E-state index in [4.69, 9.17) is 4.74 Å². The lowest BCUT2D eigenvalue weighted by Crippen LogP contribution is -2.33. The van der Waals surface area contributed by atoms with E-state index in [0.29, 0.717) is 19.6 Å². The largest absolute Gasteiger partial charge is 0.368 e. The molecular weight excluding hydrogens is 256 g/mol. The van der Waals surface area contributed by atoms with E-state index in [0.717, 1.165) is 29.7 Å². The minimum atomic E-state index is -0.294. The molecule has 1 N–H and O–H groups in total. The molecule has 1 unspecified atom stereocenters. The fourth-order valence-corrected chi connectivity index (χ4v) is 2.72. The maximum atomic E-state index is 11.9. The fourth-order valence-electron chi connectivity index (χ4n) is 2.72. The SMILES string of the molecule is CN1C(=O)Cc2cc(CNC(=O)C3CCCO3)ccc21. The number of hydrogen-bond donors (Lipinski definition) is 1. The molecule has 1 atom stereocenters. The van der Waals surface area contributed by atoms with Crippen molar-refractivity contribution < 1.29 is 14.3 Å². The van der Waals surface area contributed by atoms with Crippen LogP contribution in [0.5, 0.6) is 0 Å². The molecule has 3 rings (SSSR count). The summed E-state index contributed by atoms with van der Waals surface area (Å²) in [5.74, 6) is 0.0664. The lowest BCUT2D eigenvalue weighted by molar-refractivity contribution is -0.130. The van der Waals surface area contributed by atoms with Crippen LogP contribution >= 0.6 is 0 Å². The number of ether oxygens (including phenoxy) is 1. The van der Waals surface area contributed by atoms with Crippen molar-refractivity contribution in [3.05, 3.63) is 29.3 Å². The Morgan fingerprint density at radius 3 is 3.10 bits per heavy atom. The van der Waals surface area contributed by atoms with E-state index in [9.17, 15) is 9.59 Å². The molecule has 0 radical (unpaired) electrons. The quantitative estimate of drug-likeness (QED) is 0.894. The average Bonchev–Trinajstić information content (AvgIpc) is 3.06. The number of hydrogen-bond acceptors (Lipinski definition) is 3. The number of anilines is 1. The van der Waals surface area contributed by atoms with Crippen molar-refractivity contribution in [1.29, 1.82) is 0 Å². The first-order valence-corrected chi connectivity index (χ1v) is 6.93. The molecule has 2 heterocycles. The predicted molar refractivity (Wildman–Crippen MR) is 74.4 cm³/mol. The van der Waals surface area contributed by atoms with Gasteiger partial charge in [-0.2, -0.15) is 0 Å². The number of likely N-dealkylation sites (N-methyl/N-ethyl adjacent to an activating group) is 1. The van der Waals surface area contributed by atoms with E-state index in [1.807, 2.05) is 18.2 Å². The van der Waals surface area contributed by atoms with Crippen LogP contribution in [0.1, 0.15) is 24.0 Å². The highest BCUT2D eigenvalue weighted by Crippen LogP contribution is 2.28. The molecule has 5 heteroatoms. The van der Waals surface area contributed by atoms with E-state index in [-0.39, 0.29) is 17.9 Å². The summed E-state index contributed by atoms with van der Waals surface area (Å²) in [4.78, 5) is 25.2. The van der Waals surface area contributed by atoms with Crippen molar-refractivity contribution in [3.8, 4) is 0 Å². The fraction of sp³-hybridized carbons (Fsp3) is 0.467. The van der Waals surface area contributed by atoms with Crippen molar-refractivity contribution in [2.75, 3.05) is 18.6 Å². The second-order valence-corrected chi connectivity index (χ2v) is 5.31. The topological polar surface area (TPSA) is 58.6 Å². The Kier molecular flexibility index (Phi) is 3.44. The van der Waals surface area contributed by atoms with Crippen molar-refractivity contribution >= 4 is 17.5 Å². The van der Waals surface area contributed by atoms with Gasteiger partial charge in [-0.15, -0.1) is 0 Å². The van der Waals surface area contributed by atoms with Crippen molar-refractivity contribution in [1.82, 2.24) is 5.32 Å². The Hall–Kier alpha value is -1.88. The molecule has 0 aliphatic carbocycles. The number of benzene rings is 1. The summed E-state index contributed by atoms with van der Waals surface area (Å²) >= 11 is 0. The highest BCUT2D eigenvalue weighted by atomic mass is 16.5. The van der Waals surface area contributed by atoms with Crippen LogP contribution in [-0.4, -0.2) is 31.6 Å². The van der Waals surface area contributed by atoms with Crippen LogP contribution in [0, 0.1) is 0 Å². The molecule has 0 aromatic heterocycles. The predicted octanol–water partition coefficient (Wildman–Crippen LogP) is 1.00. The molecule has 1 fully saturated rings. The van der Waals surface area contributed by atoms with E-state index >= 15 is 0 Å². The Bertz CT molecular complexity index is 550. The molecule has 2 aliphatic heterocycles. The molecule has 1 aromatic rings. The summed E-state index contributed by atoms with van der Waals surface area (Å²) in [5.41, 5.74) is 3.00. The van der Waals surface area contributed by atoms with Crippen LogP contribution in [0.2, 0.25) is 0 Å². The first kappa shape index (κ1) is 13.1. The van der Waals surface area contributed by atoms with Gasteiger partial charge in [0.1, 0.15) is 6.10 Å². The number of nitrogens with one attached hydrogen (secondary N) is 1. The van der Waals surface area contributed by atoms with Crippen LogP contribution < -0.4 is 10.2 Å². The first-order chi connectivity index (χ1) is 9.65. The molecule has 1 aromatic carbocycles. The summed E-state index contributed by atoms with van der Waals surface area (Å²) in [6.07, 6.45) is 1.90. The van der Waals surface area contributed by atoms with Gasteiger partial charge in [-0.1, -0.05) is 12.1 Å². The summed E-state index contributed by atoms with van der Waals surface area (Å²) in [5, 5.41) is 2.89. The van der Waals surface area contributed by atoms with Gasteiger partial charge in [0.2, 0.25) is 11.8 Å². The average molecular weight is 274 g/mol. The van der Waals surface area contributed by atoms with Crippen LogP contribution in [0.4, 0.5) is 5.69 Å². The van der Waals surface area contributed by atoms with Crippen LogP contribution in [0.15, 0.2) is 18.2 Å². The van der Waals surface area contributed by atoms with E-state index in [2.05, 4.69) is 5.32 Å². The molecule has 1 saturated heterocycles. The zero-order valence-electron chi connectivity index (χ0n) is 11.5. The van der Waals surface area contributed by atoms with Gasteiger partial charge in [0, 0.05) is 25.9 Å². The Morgan fingerprint density at radius 2 is 2.35 bits per heavy atom. The third kappa shape index (κ3) is 2.41. The third-order valence-corrected chi connectivity index (χ3v) is 3.91. The number of carbonyl (C=O) groups excluding carboxylic acids is 2. The standard InChI is InChI=1S/C15H18N2O3/c1-17-12-5-4-10(7-11(12)8-14(17)18)9-16-15(19)13-3-2-6-20-13/h4-5,7,13H,2-3,6,8-9H2,1H3,(H,16,19). The number of fused-ring (bicyclic) bond motifs is 1. The van der Waals surface area contributed by atoms with Crippen molar-refractivity contribution in [2.45, 2.75) is 31.9 Å². The van der Waals surface area contributed by atoms with Gasteiger partial charge in [0.15, 0.2) is 0 Å². The maximum Gasteiger partial charge on any atom is 0.249 e. The van der Waals surface area contributed by atoms with E-state index in [1.54, 1.807) is 11.9 Å². The molecule has 0 bridgehead atoms. The lowest BCUT2D eigenvalue weighted by atomic mass is 10.1. The van der Waals surface area contributed by atoms with Gasteiger partial charge >= 0.3 is 0 Å². The van der Waals surface area contributed by atoms with Gasteiger partial charge in [-0.05, 0) is 30.0 Å². The van der Waals surface area contributed by atoms with Gasteiger partial charge in [-0.3, -0.25) is 9.59 Å². The van der Waals surface area contributed by atoms with Crippen LogP contribution in [0.25, 0.3) is 0 Å². The van der Waals surface area contributed by atoms with Crippen molar-refractivity contribution in [3.63, 3.8) is 0 Å². The summed E-state index contributed by atoms with van der Waals surface area (Å²) in [6.45, 7) is 1.15. The molecule has 2 aliphatic rings. The van der Waals surface area contributed by atoms with Gasteiger partial charge in [-0.25, -0.2) is 0 Å². The molecule has 2 amide bonds. The zero-order chi connectivity index (χ0) is 14.1. The Balaban J connectivity index is 1.63. The maximum absolute atomic E-state index is 11.9. The Labute approximate surface area is 117 Å². The Morgan fingerprint density at radius 1 is 1.50 bits per heavy atom. The lowest BCUT2D eigenvalue weighted by Gasteiger charge is -2.12. The highest BCUT2D eigenvalue weighted by Gasteiger charge is 2.25. The van der Waals surface area contributed by atoms with Gasteiger partial charge in [0.05, 0.1) is 6.42 Å². The summed E-state index contributed by atoms with van der Waals surface area (Å²) in [6, 6.07) is 5.88. The second kappa shape index (κ2) is 5.25.